The van der Waals surface area contributed by atoms with E-state index in [0.717, 1.165) is 24.2 Å². The van der Waals surface area contributed by atoms with E-state index in [1.54, 1.807) is 6.07 Å². The third kappa shape index (κ3) is 1.61. The number of likely N-dealkylation sites (tertiary alicyclic amines) is 1. The van der Waals surface area contributed by atoms with Crippen molar-refractivity contribution >= 4 is 5.69 Å². The van der Waals surface area contributed by atoms with Crippen molar-refractivity contribution in [1.82, 2.24) is 4.90 Å². The zero-order valence-corrected chi connectivity index (χ0v) is 8.67. The maximum Gasteiger partial charge on any atom is 0.123 e. The Hall–Kier alpha value is -1.09. The first-order chi connectivity index (χ1) is 7.33. The first kappa shape index (κ1) is 9.16. The SMILES string of the molecule is Fc1ccc2c(c1)CC(N1CCC1)CN2. The van der Waals surface area contributed by atoms with Crippen molar-refractivity contribution in [2.75, 3.05) is 25.0 Å². The first-order valence-electron chi connectivity index (χ1n) is 5.59. The summed E-state index contributed by atoms with van der Waals surface area (Å²) < 4.78 is 13.1. The monoisotopic (exact) mass is 206 g/mol. The molecule has 2 aliphatic heterocycles. The van der Waals surface area contributed by atoms with E-state index in [4.69, 9.17) is 0 Å². The zero-order valence-electron chi connectivity index (χ0n) is 8.67. The maximum absolute atomic E-state index is 13.1. The van der Waals surface area contributed by atoms with Gasteiger partial charge in [-0.1, -0.05) is 0 Å². The van der Waals surface area contributed by atoms with Crippen molar-refractivity contribution in [3.05, 3.63) is 29.6 Å². The molecule has 80 valence electrons. The Kier molecular flexibility index (Phi) is 2.13. The molecule has 3 rings (SSSR count). The van der Waals surface area contributed by atoms with Crippen LogP contribution in [0.25, 0.3) is 0 Å². The second-order valence-corrected chi connectivity index (χ2v) is 4.43. The van der Waals surface area contributed by atoms with Gasteiger partial charge >= 0.3 is 0 Å². The summed E-state index contributed by atoms with van der Waals surface area (Å²) in [5, 5.41) is 3.38. The summed E-state index contributed by atoms with van der Waals surface area (Å²) in [4.78, 5) is 2.47. The first-order valence-corrected chi connectivity index (χ1v) is 5.59. The fourth-order valence-corrected chi connectivity index (χ4v) is 2.42. The molecule has 1 aromatic rings. The lowest BCUT2D eigenvalue weighted by molar-refractivity contribution is 0.122. The van der Waals surface area contributed by atoms with Crippen molar-refractivity contribution in [3.63, 3.8) is 0 Å². The molecule has 1 N–H and O–H groups in total. The van der Waals surface area contributed by atoms with Gasteiger partial charge in [-0.2, -0.15) is 0 Å². The van der Waals surface area contributed by atoms with Crippen LogP contribution in [0.15, 0.2) is 18.2 Å². The predicted molar refractivity (Wildman–Crippen MR) is 58.6 cm³/mol. The molecule has 15 heavy (non-hydrogen) atoms. The summed E-state index contributed by atoms with van der Waals surface area (Å²) in [5.41, 5.74) is 2.23. The van der Waals surface area contributed by atoms with E-state index in [9.17, 15) is 4.39 Å². The van der Waals surface area contributed by atoms with Gasteiger partial charge in [0.05, 0.1) is 0 Å². The maximum atomic E-state index is 13.1. The summed E-state index contributed by atoms with van der Waals surface area (Å²) >= 11 is 0. The lowest BCUT2D eigenvalue weighted by Gasteiger charge is -2.41. The normalized spacial score (nSPS) is 25.3. The van der Waals surface area contributed by atoms with E-state index in [1.807, 2.05) is 6.07 Å². The van der Waals surface area contributed by atoms with Crippen molar-refractivity contribution in [2.45, 2.75) is 18.9 Å². The van der Waals surface area contributed by atoms with Crippen LogP contribution in [-0.4, -0.2) is 30.6 Å². The minimum absolute atomic E-state index is 0.125. The van der Waals surface area contributed by atoms with Crippen LogP contribution in [0.2, 0.25) is 0 Å². The molecule has 1 aromatic carbocycles. The molecule has 2 aliphatic rings. The Morgan fingerprint density at radius 3 is 2.93 bits per heavy atom. The Bertz CT molecular complexity index is 374. The van der Waals surface area contributed by atoms with Crippen molar-refractivity contribution in [2.24, 2.45) is 0 Å². The minimum Gasteiger partial charge on any atom is -0.383 e. The predicted octanol–water partition coefficient (Wildman–Crippen LogP) is 1.87. The summed E-state index contributed by atoms with van der Waals surface area (Å²) in [7, 11) is 0. The molecule has 0 bridgehead atoms. The molecule has 2 heterocycles. The van der Waals surface area contributed by atoms with Crippen LogP contribution in [-0.2, 0) is 6.42 Å². The third-order valence-electron chi connectivity index (χ3n) is 3.46. The molecular formula is C12H15FN2. The number of nitrogens with one attached hydrogen (secondary N) is 1. The number of hydrogen-bond acceptors (Lipinski definition) is 2. The summed E-state index contributed by atoms with van der Waals surface area (Å²) in [6.07, 6.45) is 2.30. The van der Waals surface area contributed by atoms with Gasteiger partial charge in [0.2, 0.25) is 0 Å². The van der Waals surface area contributed by atoms with Gasteiger partial charge in [0.1, 0.15) is 5.82 Å². The number of benzene rings is 1. The average molecular weight is 206 g/mol. The molecule has 0 amide bonds. The Morgan fingerprint density at radius 1 is 1.33 bits per heavy atom. The van der Waals surface area contributed by atoms with E-state index >= 15 is 0 Å². The van der Waals surface area contributed by atoms with Crippen molar-refractivity contribution < 1.29 is 4.39 Å². The second-order valence-electron chi connectivity index (χ2n) is 4.43. The van der Waals surface area contributed by atoms with E-state index in [0.29, 0.717) is 6.04 Å². The molecule has 0 saturated carbocycles. The van der Waals surface area contributed by atoms with Crippen LogP contribution < -0.4 is 5.32 Å². The van der Waals surface area contributed by atoms with Crippen molar-refractivity contribution in [1.29, 1.82) is 0 Å². The zero-order chi connectivity index (χ0) is 10.3. The number of rotatable bonds is 1. The molecule has 0 radical (unpaired) electrons. The Balaban J connectivity index is 1.81. The molecule has 0 aliphatic carbocycles. The van der Waals surface area contributed by atoms with Gasteiger partial charge < -0.3 is 5.32 Å². The van der Waals surface area contributed by atoms with E-state index < -0.39 is 0 Å². The standard InChI is InChI=1S/C12H15FN2/c13-10-2-3-12-9(6-10)7-11(8-14-12)15-4-1-5-15/h2-3,6,11,14H,1,4-5,7-8H2. The molecule has 1 unspecified atom stereocenters. The molecular weight excluding hydrogens is 191 g/mol. The van der Waals surface area contributed by atoms with Gasteiger partial charge in [-0.15, -0.1) is 0 Å². The largest absolute Gasteiger partial charge is 0.383 e. The minimum atomic E-state index is -0.125. The highest BCUT2D eigenvalue weighted by Crippen LogP contribution is 2.26. The van der Waals surface area contributed by atoms with Crippen LogP contribution in [0.3, 0.4) is 0 Å². The summed E-state index contributed by atoms with van der Waals surface area (Å²) in [5.74, 6) is -0.125. The van der Waals surface area contributed by atoms with E-state index in [2.05, 4.69) is 10.2 Å². The highest BCUT2D eigenvalue weighted by molar-refractivity contribution is 5.53. The van der Waals surface area contributed by atoms with E-state index in [1.165, 1.54) is 25.6 Å². The summed E-state index contributed by atoms with van der Waals surface area (Å²) in [6.45, 7) is 3.41. The number of hydrogen-bond donors (Lipinski definition) is 1. The quantitative estimate of drug-likeness (QED) is 0.754. The number of nitrogens with zero attached hydrogens (tertiary/aromatic N) is 1. The second kappa shape index (κ2) is 3.49. The number of anilines is 1. The van der Waals surface area contributed by atoms with Gasteiger partial charge in [0, 0.05) is 18.3 Å². The topological polar surface area (TPSA) is 15.3 Å². The third-order valence-corrected chi connectivity index (χ3v) is 3.46. The van der Waals surface area contributed by atoms with Gasteiger partial charge in [-0.05, 0) is 49.7 Å². The van der Waals surface area contributed by atoms with Crippen LogP contribution in [0.4, 0.5) is 10.1 Å². The molecule has 2 nitrogen and oxygen atoms in total. The highest BCUT2D eigenvalue weighted by Gasteiger charge is 2.27. The Labute approximate surface area is 89.1 Å². The molecule has 1 fully saturated rings. The van der Waals surface area contributed by atoms with Crippen LogP contribution in [0.5, 0.6) is 0 Å². The molecule has 0 spiro atoms. The van der Waals surface area contributed by atoms with Crippen LogP contribution in [0, 0.1) is 5.82 Å². The molecule has 3 heteroatoms. The van der Waals surface area contributed by atoms with Crippen LogP contribution in [0.1, 0.15) is 12.0 Å². The van der Waals surface area contributed by atoms with E-state index in [-0.39, 0.29) is 5.82 Å². The van der Waals surface area contributed by atoms with Gasteiger partial charge in [-0.3, -0.25) is 4.90 Å². The molecule has 1 atom stereocenters. The fraction of sp³-hybridized carbons (Fsp3) is 0.500. The molecule has 1 saturated heterocycles. The number of fused-ring (bicyclic) bond motifs is 1. The number of halogens is 1. The highest BCUT2D eigenvalue weighted by atomic mass is 19.1. The Morgan fingerprint density at radius 2 is 2.20 bits per heavy atom. The smallest absolute Gasteiger partial charge is 0.123 e. The summed E-state index contributed by atoms with van der Waals surface area (Å²) in [6, 6.07) is 5.59. The average Bonchev–Trinajstić information content (AvgIpc) is 2.14. The van der Waals surface area contributed by atoms with Gasteiger partial charge in [0.15, 0.2) is 0 Å². The van der Waals surface area contributed by atoms with Gasteiger partial charge in [-0.25, -0.2) is 4.39 Å². The van der Waals surface area contributed by atoms with Gasteiger partial charge in [0.25, 0.3) is 0 Å². The molecule has 0 aromatic heterocycles. The van der Waals surface area contributed by atoms with Crippen LogP contribution >= 0.6 is 0 Å². The van der Waals surface area contributed by atoms with Crippen molar-refractivity contribution in [3.8, 4) is 0 Å². The lowest BCUT2D eigenvalue weighted by Crippen LogP contribution is -2.50. The lowest BCUT2D eigenvalue weighted by atomic mass is 9.96. The fourth-order valence-electron chi connectivity index (χ4n) is 2.42.